The molecule has 1 aliphatic heterocycles. The van der Waals surface area contributed by atoms with Crippen LogP contribution in [0.2, 0.25) is 0 Å². The molecule has 1 saturated heterocycles. The molecule has 3 rings (SSSR count). The molecule has 174 valence electrons. The van der Waals surface area contributed by atoms with Crippen molar-refractivity contribution in [2.24, 2.45) is 0 Å². The van der Waals surface area contributed by atoms with Crippen molar-refractivity contribution in [1.29, 1.82) is 0 Å². The van der Waals surface area contributed by atoms with Crippen molar-refractivity contribution in [2.75, 3.05) is 29.9 Å². The zero-order valence-corrected chi connectivity index (χ0v) is 19.3. The number of sulfonamides is 1. The highest BCUT2D eigenvalue weighted by molar-refractivity contribution is 7.89. The fraction of sp³-hybridized carbons (Fsp3) is 0.333. The maximum Gasteiger partial charge on any atom is 0.251 e. The van der Waals surface area contributed by atoms with E-state index in [0.717, 1.165) is 18.8 Å². The normalized spacial score (nSPS) is 14.4. The van der Waals surface area contributed by atoms with E-state index in [2.05, 4.69) is 26.2 Å². The number of anilines is 2. The molecule has 0 bridgehead atoms. The number of rotatable bonds is 9. The number of carbonyl (C=O) groups excluding carboxylic acids is 2. The van der Waals surface area contributed by atoms with Crippen LogP contribution in [0.25, 0.3) is 0 Å². The molecule has 0 saturated carbocycles. The maximum atomic E-state index is 12.6. The molecule has 1 fully saturated rings. The van der Waals surface area contributed by atoms with Crippen LogP contribution in [0.15, 0.2) is 53.4 Å². The molecule has 2 amide bonds. The minimum absolute atomic E-state index is 0.0614. The molecule has 2 aromatic carbocycles. The summed E-state index contributed by atoms with van der Waals surface area (Å²) in [6.45, 7) is 3.60. The van der Waals surface area contributed by atoms with Crippen LogP contribution in [-0.4, -0.2) is 45.9 Å². The van der Waals surface area contributed by atoms with Crippen LogP contribution in [0.1, 0.15) is 36.5 Å². The third kappa shape index (κ3) is 6.81. The Balaban J connectivity index is 1.56. The van der Waals surface area contributed by atoms with Gasteiger partial charge in [0.25, 0.3) is 5.91 Å². The van der Waals surface area contributed by atoms with Crippen LogP contribution >= 0.6 is 0 Å². The summed E-state index contributed by atoms with van der Waals surface area (Å²) >= 11 is 0. The highest BCUT2D eigenvalue weighted by Gasteiger charge is 2.18. The molecule has 0 radical (unpaired) electrons. The van der Waals surface area contributed by atoms with Gasteiger partial charge in [-0.05, 0) is 56.2 Å². The first-order valence-electron chi connectivity index (χ1n) is 10.8. The first kappa shape index (κ1) is 24.3. The van der Waals surface area contributed by atoms with Gasteiger partial charge < -0.3 is 15.5 Å². The van der Waals surface area contributed by atoms with Crippen molar-refractivity contribution < 1.29 is 18.0 Å². The van der Waals surface area contributed by atoms with Gasteiger partial charge in [-0.15, -0.1) is 6.42 Å². The topological polar surface area (TPSA) is 108 Å². The molecule has 1 atom stereocenters. The third-order valence-corrected chi connectivity index (χ3v) is 6.64. The lowest BCUT2D eigenvalue weighted by molar-refractivity contribution is -0.116. The molecule has 3 N–H and O–H groups in total. The molecule has 2 aromatic rings. The van der Waals surface area contributed by atoms with Gasteiger partial charge in [0.2, 0.25) is 15.9 Å². The van der Waals surface area contributed by atoms with Crippen LogP contribution in [-0.2, 0) is 14.8 Å². The molecule has 33 heavy (non-hydrogen) atoms. The quantitative estimate of drug-likeness (QED) is 0.490. The van der Waals surface area contributed by atoms with Crippen LogP contribution < -0.4 is 20.3 Å². The van der Waals surface area contributed by atoms with Crippen LogP contribution in [0.3, 0.4) is 0 Å². The third-order valence-electron chi connectivity index (χ3n) is 5.24. The van der Waals surface area contributed by atoms with Crippen molar-refractivity contribution in [3.05, 3.63) is 54.1 Å². The van der Waals surface area contributed by atoms with Gasteiger partial charge in [0.05, 0.1) is 11.4 Å². The van der Waals surface area contributed by atoms with Gasteiger partial charge in [-0.2, -0.15) is 4.72 Å². The maximum absolute atomic E-state index is 12.6. The minimum Gasteiger partial charge on any atom is -0.371 e. The predicted molar refractivity (Wildman–Crippen MR) is 129 cm³/mol. The number of carbonyl (C=O) groups is 2. The molecule has 1 aliphatic rings. The van der Waals surface area contributed by atoms with Crippen LogP contribution in [0, 0.1) is 12.3 Å². The lowest BCUT2D eigenvalue weighted by Crippen LogP contribution is -2.35. The van der Waals surface area contributed by atoms with Gasteiger partial charge in [-0.3, -0.25) is 9.59 Å². The van der Waals surface area contributed by atoms with Crippen LogP contribution in [0.5, 0.6) is 0 Å². The van der Waals surface area contributed by atoms with E-state index in [9.17, 15) is 18.0 Å². The number of hydrogen-bond donors (Lipinski definition) is 3. The SMILES string of the molecule is C#CCNS(=O)(=O)c1cccc(C(=O)NC(C)CC(=O)Nc2cccc(N3CCCC3)c2)c1. The average molecular weight is 469 g/mol. The molecular formula is C24H28N4O4S. The van der Waals surface area contributed by atoms with E-state index in [1.165, 1.54) is 37.1 Å². The molecule has 0 spiro atoms. The number of nitrogens with zero attached hydrogens (tertiary/aromatic N) is 1. The van der Waals surface area contributed by atoms with E-state index in [1.54, 1.807) is 6.92 Å². The summed E-state index contributed by atoms with van der Waals surface area (Å²) in [4.78, 5) is 27.3. The van der Waals surface area contributed by atoms with Crippen molar-refractivity contribution >= 4 is 33.2 Å². The Bertz CT molecular complexity index is 1150. The number of terminal acetylenes is 1. The zero-order chi connectivity index (χ0) is 23.8. The average Bonchev–Trinajstić information content (AvgIpc) is 3.33. The minimum atomic E-state index is -3.81. The summed E-state index contributed by atoms with van der Waals surface area (Å²) in [5.41, 5.74) is 1.96. The van der Waals surface area contributed by atoms with E-state index >= 15 is 0 Å². The van der Waals surface area contributed by atoms with Gasteiger partial charge in [0.15, 0.2) is 0 Å². The highest BCUT2D eigenvalue weighted by atomic mass is 32.2. The second-order valence-electron chi connectivity index (χ2n) is 7.93. The molecule has 1 heterocycles. The molecule has 0 aliphatic carbocycles. The van der Waals surface area contributed by atoms with E-state index in [0.29, 0.717) is 5.69 Å². The Morgan fingerprint density at radius 3 is 2.58 bits per heavy atom. The van der Waals surface area contributed by atoms with Gasteiger partial charge in [0.1, 0.15) is 0 Å². The lowest BCUT2D eigenvalue weighted by atomic mass is 10.1. The Morgan fingerprint density at radius 2 is 1.85 bits per heavy atom. The summed E-state index contributed by atoms with van der Waals surface area (Å²) in [7, 11) is -3.81. The fourth-order valence-electron chi connectivity index (χ4n) is 3.63. The summed E-state index contributed by atoms with van der Waals surface area (Å²) in [5, 5.41) is 5.61. The van der Waals surface area contributed by atoms with Crippen molar-refractivity contribution in [3.63, 3.8) is 0 Å². The monoisotopic (exact) mass is 468 g/mol. The van der Waals surface area contributed by atoms with Crippen molar-refractivity contribution in [2.45, 2.75) is 37.1 Å². The van der Waals surface area contributed by atoms with Gasteiger partial charge in [-0.1, -0.05) is 18.1 Å². The summed E-state index contributed by atoms with van der Waals surface area (Å²) in [5.74, 6) is 1.50. The van der Waals surface area contributed by atoms with Crippen molar-refractivity contribution in [1.82, 2.24) is 10.0 Å². The number of amides is 2. The Kier molecular flexibility index (Phi) is 8.09. The summed E-state index contributed by atoms with van der Waals surface area (Å²) in [6.07, 6.45) is 7.51. The first-order chi connectivity index (χ1) is 15.8. The lowest BCUT2D eigenvalue weighted by Gasteiger charge is -2.19. The Hall–Kier alpha value is -3.35. The van der Waals surface area contributed by atoms with E-state index in [4.69, 9.17) is 6.42 Å². The molecule has 0 aromatic heterocycles. The smallest absolute Gasteiger partial charge is 0.251 e. The highest BCUT2D eigenvalue weighted by Crippen LogP contribution is 2.23. The largest absolute Gasteiger partial charge is 0.371 e. The summed E-state index contributed by atoms with van der Waals surface area (Å²) < 4.78 is 26.7. The molecule has 1 unspecified atom stereocenters. The Morgan fingerprint density at radius 1 is 1.12 bits per heavy atom. The Labute approximate surface area is 194 Å². The van der Waals surface area contributed by atoms with Gasteiger partial charge in [0, 0.05) is 42.5 Å². The number of nitrogens with one attached hydrogen (secondary N) is 3. The van der Waals surface area contributed by atoms with Gasteiger partial charge in [-0.25, -0.2) is 8.42 Å². The van der Waals surface area contributed by atoms with E-state index in [1.807, 2.05) is 24.3 Å². The number of hydrogen-bond acceptors (Lipinski definition) is 5. The number of benzene rings is 2. The standard InChI is InChI=1S/C24H28N4O4S/c1-3-12-25-33(31,32)22-11-6-8-19(16-22)24(30)26-18(2)15-23(29)27-20-9-7-10-21(17-20)28-13-4-5-14-28/h1,6-11,16-18,25H,4-5,12-15H2,2H3,(H,26,30)(H,27,29). The van der Waals surface area contributed by atoms with E-state index in [-0.39, 0.29) is 29.3 Å². The van der Waals surface area contributed by atoms with Gasteiger partial charge >= 0.3 is 0 Å². The van der Waals surface area contributed by atoms with Crippen molar-refractivity contribution in [3.8, 4) is 12.3 Å². The van der Waals surface area contributed by atoms with E-state index < -0.39 is 22.0 Å². The predicted octanol–water partition coefficient (Wildman–Crippen LogP) is 2.35. The molecular weight excluding hydrogens is 440 g/mol. The fourth-order valence-corrected chi connectivity index (χ4v) is 4.61. The second kappa shape index (κ2) is 11.0. The first-order valence-corrected chi connectivity index (χ1v) is 12.3. The second-order valence-corrected chi connectivity index (χ2v) is 9.69. The molecule has 9 heteroatoms. The summed E-state index contributed by atoms with van der Waals surface area (Å²) in [6, 6.07) is 12.9. The molecule has 8 nitrogen and oxygen atoms in total. The van der Waals surface area contributed by atoms with Crippen LogP contribution in [0.4, 0.5) is 11.4 Å². The zero-order valence-electron chi connectivity index (χ0n) is 18.5.